The zero-order valence-corrected chi connectivity index (χ0v) is 7.25. The molecule has 0 unspecified atom stereocenters. The van der Waals surface area contributed by atoms with E-state index in [2.05, 4.69) is 25.1 Å². The van der Waals surface area contributed by atoms with Gasteiger partial charge in [0.05, 0.1) is 0 Å². The number of hydrogen-bond donors (Lipinski definition) is 1. The van der Waals surface area contributed by atoms with Gasteiger partial charge in [-0.3, -0.25) is 0 Å². The highest BCUT2D eigenvalue weighted by Crippen LogP contribution is 2.20. The third-order valence-corrected chi connectivity index (χ3v) is 2.49. The van der Waals surface area contributed by atoms with E-state index in [4.69, 9.17) is 0 Å². The molecule has 2 rings (SSSR count). The average Bonchev–Trinajstić information content (AvgIpc) is 2.07. The predicted octanol–water partition coefficient (Wildman–Crippen LogP) is 1.74. The molecule has 0 radical (unpaired) electrons. The minimum Gasteiger partial charge on any atom is -0.314 e. The molecule has 0 aromatic heterocycles. The molecule has 1 aliphatic heterocycles. The van der Waals surface area contributed by atoms with Gasteiger partial charge in [-0.2, -0.15) is 5.06 Å². The summed E-state index contributed by atoms with van der Waals surface area (Å²) in [5, 5.41) is 10.7. The Morgan fingerprint density at radius 2 is 2.25 bits per heavy atom. The first-order valence-corrected chi connectivity index (χ1v) is 4.28. The van der Waals surface area contributed by atoms with Crippen LogP contribution in [0.1, 0.15) is 16.7 Å². The minimum absolute atomic E-state index is 0.683. The average molecular weight is 163 g/mol. The van der Waals surface area contributed by atoms with Crippen LogP contribution in [-0.2, 0) is 13.0 Å². The Balaban J connectivity index is 2.43. The standard InChI is InChI=1S/C10H13NO/c1-8-3-2-4-9-5-6-11(12)7-10(8)9/h2-4,12H,5-7H2,1H3. The third-order valence-electron chi connectivity index (χ3n) is 2.49. The summed E-state index contributed by atoms with van der Waals surface area (Å²) < 4.78 is 0. The molecule has 2 nitrogen and oxygen atoms in total. The highest BCUT2D eigenvalue weighted by Gasteiger charge is 2.14. The first-order chi connectivity index (χ1) is 5.77. The molecule has 0 atom stereocenters. The van der Waals surface area contributed by atoms with Crippen molar-refractivity contribution in [2.45, 2.75) is 19.9 Å². The Bertz CT molecular complexity index is 296. The van der Waals surface area contributed by atoms with Crippen molar-refractivity contribution in [2.24, 2.45) is 0 Å². The number of nitrogens with zero attached hydrogens (tertiary/aromatic N) is 1. The van der Waals surface area contributed by atoms with E-state index in [1.807, 2.05) is 0 Å². The third kappa shape index (κ3) is 1.24. The molecule has 0 saturated heterocycles. The zero-order valence-electron chi connectivity index (χ0n) is 7.25. The molecule has 12 heavy (non-hydrogen) atoms. The Hall–Kier alpha value is -0.860. The van der Waals surface area contributed by atoms with Crippen LogP contribution in [0, 0.1) is 6.92 Å². The SMILES string of the molecule is Cc1cccc2c1CN(O)CC2. The number of benzene rings is 1. The van der Waals surface area contributed by atoms with E-state index in [0.29, 0.717) is 6.54 Å². The van der Waals surface area contributed by atoms with Crippen LogP contribution in [0.3, 0.4) is 0 Å². The van der Waals surface area contributed by atoms with E-state index in [9.17, 15) is 5.21 Å². The van der Waals surface area contributed by atoms with Gasteiger partial charge in [-0.25, -0.2) is 0 Å². The summed E-state index contributed by atoms with van der Waals surface area (Å²) in [5.41, 5.74) is 3.97. The monoisotopic (exact) mass is 163 g/mol. The minimum atomic E-state index is 0.683. The van der Waals surface area contributed by atoms with Crippen molar-refractivity contribution in [2.75, 3.05) is 6.54 Å². The lowest BCUT2D eigenvalue weighted by Crippen LogP contribution is -2.27. The van der Waals surface area contributed by atoms with Crippen molar-refractivity contribution in [1.29, 1.82) is 0 Å². The van der Waals surface area contributed by atoms with Crippen molar-refractivity contribution in [3.63, 3.8) is 0 Å². The van der Waals surface area contributed by atoms with E-state index in [-0.39, 0.29) is 0 Å². The molecule has 64 valence electrons. The zero-order chi connectivity index (χ0) is 8.55. The summed E-state index contributed by atoms with van der Waals surface area (Å²) in [5.74, 6) is 0. The van der Waals surface area contributed by atoms with Crippen LogP contribution in [0.25, 0.3) is 0 Å². The number of hydroxylamine groups is 2. The molecule has 0 bridgehead atoms. The van der Waals surface area contributed by atoms with Crippen LogP contribution >= 0.6 is 0 Å². The summed E-state index contributed by atoms with van der Waals surface area (Å²) in [7, 11) is 0. The fourth-order valence-electron chi connectivity index (χ4n) is 1.73. The van der Waals surface area contributed by atoms with Crippen LogP contribution in [-0.4, -0.2) is 16.8 Å². The van der Waals surface area contributed by atoms with Crippen molar-refractivity contribution in [3.05, 3.63) is 34.9 Å². The van der Waals surface area contributed by atoms with Crippen LogP contribution in [0.5, 0.6) is 0 Å². The molecule has 0 fully saturated rings. The second kappa shape index (κ2) is 2.88. The number of fused-ring (bicyclic) bond motifs is 1. The van der Waals surface area contributed by atoms with Gasteiger partial charge in [-0.05, 0) is 30.0 Å². The van der Waals surface area contributed by atoms with E-state index in [0.717, 1.165) is 13.0 Å². The van der Waals surface area contributed by atoms with Crippen LogP contribution in [0.4, 0.5) is 0 Å². The second-order valence-electron chi connectivity index (χ2n) is 3.35. The molecular formula is C10H13NO. The lowest BCUT2D eigenvalue weighted by atomic mass is 9.97. The molecule has 1 N–H and O–H groups in total. The Morgan fingerprint density at radius 1 is 1.42 bits per heavy atom. The number of rotatable bonds is 0. The Morgan fingerprint density at radius 3 is 3.08 bits per heavy atom. The van der Waals surface area contributed by atoms with Gasteiger partial charge in [0, 0.05) is 13.1 Å². The summed E-state index contributed by atoms with van der Waals surface area (Å²) in [6.07, 6.45) is 0.966. The molecule has 0 spiro atoms. The van der Waals surface area contributed by atoms with Crippen molar-refractivity contribution >= 4 is 0 Å². The van der Waals surface area contributed by atoms with Crippen molar-refractivity contribution < 1.29 is 5.21 Å². The maximum absolute atomic E-state index is 9.31. The smallest absolute Gasteiger partial charge is 0.0494 e. The van der Waals surface area contributed by atoms with Gasteiger partial charge < -0.3 is 5.21 Å². The number of hydrogen-bond acceptors (Lipinski definition) is 2. The number of aryl methyl sites for hydroxylation is 1. The van der Waals surface area contributed by atoms with E-state index >= 15 is 0 Å². The summed E-state index contributed by atoms with van der Waals surface area (Å²) in [6.45, 7) is 3.54. The highest BCUT2D eigenvalue weighted by atomic mass is 16.5. The van der Waals surface area contributed by atoms with Gasteiger partial charge >= 0.3 is 0 Å². The highest BCUT2D eigenvalue weighted by molar-refractivity contribution is 5.35. The van der Waals surface area contributed by atoms with E-state index in [1.54, 1.807) is 0 Å². The molecule has 1 aromatic rings. The lowest BCUT2D eigenvalue weighted by Gasteiger charge is -2.24. The van der Waals surface area contributed by atoms with Crippen LogP contribution in [0.2, 0.25) is 0 Å². The van der Waals surface area contributed by atoms with Gasteiger partial charge in [0.1, 0.15) is 0 Å². The molecular weight excluding hydrogens is 150 g/mol. The second-order valence-corrected chi connectivity index (χ2v) is 3.35. The lowest BCUT2D eigenvalue weighted by molar-refractivity contribution is -0.103. The molecule has 0 amide bonds. The molecule has 1 aliphatic rings. The Kier molecular flexibility index (Phi) is 1.87. The van der Waals surface area contributed by atoms with Crippen LogP contribution < -0.4 is 0 Å². The Labute approximate surface area is 72.4 Å². The predicted molar refractivity (Wildman–Crippen MR) is 47.1 cm³/mol. The van der Waals surface area contributed by atoms with Gasteiger partial charge in [-0.1, -0.05) is 18.2 Å². The van der Waals surface area contributed by atoms with Gasteiger partial charge in [0.15, 0.2) is 0 Å². The summed E-state index contributed by atoms with van der Waals surface area (Å²) in [4.78, 5) is 0. The first kappa shape index (κ1) is 7.77. The van der Waals surface area contributed by atoms with Gasteiger partial charge in [0.25, 0.3) is 0 Å². The van der Waals surface area contributed by atoms with Gasteiger partial charge in [0.2, 0.25) is 0 Å². The topological polar surface area (TPSA) is 23.5 Å². The first-order valence-electron chi connectivity index (χ1n) is 4.28. The van der Waals surface area contributed by atoms with Crippen LogP contribution in [0.15, 0.2) is 18.2 Å². The van der Waals surface area contributed by atoms with Crippen molar-refractivity contribution in [3.8, 4) is 0 Å². The van der Waals surface area contributed by atoms with E-state index in [1.165, 1.54) is 21.8 Å². The normalized spacial score (nSPS) is 17.5. The summed E-state index contributed by atoms with van der Waals surface area (Å²) in [6, 6.07) is 6.33. The molecule has 1 aromatic carbocycles. The van der Waals surface area contributed by atoms with E-state index < -0.39 is 0 Å². The largest absolute Gasteiger partial charge is 0.314 e. The fraction of sp³-hybridized carbons (Fsp3) is 0.400. The maximum atomic E-state index is 9.31. The maximum Gasteiger partial charge on any atom is 0.0494 e. The summed E-state index contributed by atoms with van der Waals surface area (Å²) >= 11 is 0. The quantitative estimate of drug-likeness (QED) is 0.629. The molecule has 0 aliphatic carbocycles. The fourth-order valence-corrected chi connectivity index (χ4v) is 1.73. The molecule has 1 heterocycles. The molecule has 2 heteroatoms. The molecule has 0 saturated carbocycles. The van der Waals surface area contributed by atoms with Gasteiger partial charge in [-0.15, -0.1) is 0 Å². The van der Waals surface area contributed by atoms with Crippen molar-refractivity contribution in [1.82, 2.24) is 5.06 Å².